The fraction of sp³-hybridized carbons (Fsp3) is 0.250. The first-order valence-electron chi connectivity index (χ1n) is 6.77. The van der Waals surface area contributed by atoms with E-state index in [-0.39, 0.29) is 6.04 Å². The Kier molecular flexibility index (Phi) is 6.40. The molecule has 2 nitrogen and oxygen atoms in total. The molecule has 3 N–H and O–H groups in total. The molecule has 0 saturated carbocycles. The van der Waals surface area contributed by atoms with E-state index in [2.05, 4.69) is 36.6 Å². The van der Waals surface area contributed by atoms with Crippen molar-refractivity contribution in [2.24, 2.45) is 5.84 Å². The predicted octanol–water partition coefficient (Wildman–Crippen LogP) is 4.85. The number of rotatable bonds is 6. The van der Waals surface area contributed by atoms with Crippen LogP contribution in [0, 0.1) is 0 Å². The number of benzene rings is 2. The van der Waals surface area contributed by atoms with Crippen LogP contribution in [0.25, 0.3) is 0 Å². The highest BCUT2D eigenvalue weighted by Crippen LogP contribution is 2.29. The lowest BCUT2D eigenvalue weighted by Gasteiger charge is -2.18. The first kappa shape index (κ1) is 16.7. The van der Waals surface area contributed by atoms with Crippen LogP contribution in [-0.2, 0) is 6.42 Å². The average Bonchev–Trinajstić information content (AvgIpc) is 2.49. The molecule has 0 aliphatic carbocycles. The van der Waals surface area contributed by atoms with Crippen molar-refractivity contribution >= 4 is 35.0 Å². The van der Waals surface area contributed by atoms with Crippen LogP contribution in [-0.4, -0.2) is 5.75 Å². The number of hydrogen-bond donors (Lipinski definition) is 2. The molecule has 0 fully saturated rings. The number of hydrazine groups is 1. The zero-order valence-corrected chi connectivity index (χ0v) is 14.1. The van der Waals surface area contributed by atoms with Crippen LogP contribution in [0.1, 0.15) is 24.1 Å². The van der Waals surface area contributed by atoms with Crippen molar-refractivity contribution in [2.45, 2.75) is 24.3 Å². The first-order chi connectivity index (χ1) is 10.2. The second-order valence-electron chi connectivity index (χ2n) is 4.63. The normalized spacial score (nSPS) is 12.4. The summed E-state index contributed by atoms with van der Waals surface area (Å²) in [6, 6.07) is 13.9. The Labute approximate surface area is 140 Å². The summed E-state index contributed by atoms with van der Waals surface area (Å²) in [5.41, 5.74) is 4.88. The van der Waals surface area contributed by atoms with Crippen molar-refractivity contribution in [1.29, 1.82) is 0 Å². The molecule has 0 aliphatic rings. The van der Waals surface area contributed by atoms with E-state index in [9.17, 15) is 0 Å². The fourth-order valence-electron chi connectivity index (χ4n) is 2.17. The second kappa shape index (κ2) is 8.06. The predicted molar refractivity (Wildman–Crippen MR) is 93.1 cm³/mol. The Morgan fingerprint density at radius 3 is 2.24 bits per heavy atom. The van der Waals surface area contributed by atoms with Crippen molar-refractivity contribution in [3.05, 3.63) is 63.6 Å². The molecule has 0 aliphatic heterocycles. The van der Waals surface area contributed by atoms with Gasteiger partial charge in [0.1, 0.15) is 0 Å². The molecule has 0 bridgehead atoms. The van der Waals surface area contributed by atoms with Gasteiger partial charge in [-0.15, -0.1) is 11.8 Å². The van der Waals surface area contributed by atoms with E-state index < -0.39 is 0 Å². The van der Waals surface area contributed by atoms with Gasteiger partial charge in [0.05, 0.1) is 6.04 Å². The fourth-order valence-corrected chi connectivity index (χ4v) is 3.38. The molecular weight excluding hydrogens is 323 g/mol. The van der Waals surface area contributed by atoms with Crippen LogP contribution in [0.2, 0.25) is 10.0 Å². The molecule has 0 amide bonds. The van der Waals surface area contributed by atoms with Gasteiger partial charge in [-0.3, -0.25) is 11.3 Å². The van der Waals surface area contributed by atoms with Gasteiger partial charge in [0.2, 0.25) is 0 Å². The van der Waals surface area contributed by atoms with Crippen molar-refractivity contribution in [2.75, 3.05) is 5.75 Å². The summed E-state index contributed by atoms with van der Waals surface area (Å²) in [6.45, 7) is 2.14. The summed E-state index contributed by atoms with van der Waals surface area (Å²) in [4.78, 5) is 1.26. The number of thioether (sulfide) groups is 1. The molecular formula is C16H18Cl2N2S. The zero-order valence-electron chi connectivity index (χ0n) is 11.8. The van der Waals surface area contributed by atoms with Crippen LogP contribution in [0.15, 0.2) is 47.4 Å². The third-order valence-electron chi connectivity index (χ3n) is 3.26. The lowest BCUT2D eigenvalue weighted by atomic mass is 9.99. The summed E-state index contributed by atoms with van der Waals surface area (Å²) >= 11 is 14.3. The molecule has 2 rings (SSSR count). The van der Waals surface area contributed by atoms with Crippen LogP contribution < -0.4 is 11.3 Å². The van der Waals surface area contributed by atoms with E-state index in [1.807, 2.05) is 30.0 Å². The van der Waals surface area contributed by atoms with Gasteiger partial charge in [-0.1, -0.05) is 48.3 Å². The molecule has 1 unspecified atom stereocenters. The second-order valence-corrected chi connectivity index (χ2v) is 6.78. The smallest absolute Gasteiger partial charge is 0.0501 e. The summed E-state index contributed by atoms with van der Waals surface area (Å²) in [7, 11) is 0. The largest absolute Gasteiger partial charge is 0.271 e. The summed E-state index contributed by atoms with van der Waals surface area (Å²) in [5, 5.41) is 1.34. The van der Waals surface area contributed by atoms with Crippen molar-refractivity contribution in [3.63, 3.8) is 0 Å². The van der Waals surface area contributed by atoms with E-state index >= 15 is 0 Å². The molecule has 0 heterocycles. The van der Waals surface area contributed by atoms with Crippen LogP contribution >= 0.6 is 35.0 Å². The molecule has 0 radical (unpaired) electrons. The van der Waals surface area contributed by atoms with Crippen molar-refractivity contribution in [1.82, 2.24) is 5.43 Å². The average molecular weight is 341 g/mol. The monoisotopic (exact) mass is 340 g/mol. The van der Waals surface area contributed by atoms with Gasteiger partial charge >= 0.3 is 0 Å². The van der Waals surface area contributed by atoms with Gasteiger partial charge in [-0.25, -0.2) is 0 Å². The van der Waals surface area contributed by atoms with Crippen LogP contribution in [0.5, 0.6) is 0 Å². The highest BCUT2D eigenvalue weighted by atomic mass is 35.5. The van der Waals surface area contributed by atoms with Crippen LogP contribution in [0.3, 0.4) is 0 Å². The quantitative estimate of drug-likeness (QED) is 0.448. The standard InChI is InChI=1S/C16H18Cl2N2S/c1-2-21-12-8-6-11(7-9-12)16(20-19)10-13-14(17)4-3-5-15(13)18/h3-9,16,20H,2,10,19H2,1H3. The van der Waals surface area contributed by atoms with E-state index in [1.165, 1.54) is 4.90 Å². The van der Waals surface area contributed by atoms with Crippen LogP contribution in [0.4, 0.5) is 0 Å². The minimum atomic E-state index is -0.0249. The molecule has 0 spiro atoms. The third-order valence-corrected chi connectivity index (χ3v) is 4.87. The minimum absolute atomic E-state index is 0.0249. The Bertz CT molecular complexity index is 567. The van der Waals surface area contributed by atoms with Gasteiger partial charge in [0.15, 0.2) is 0 Å². The van der Waals surface area contributed by atoms with E-state index in [0.29, 0.717) is 16.5 Å². The molecule has 2 aromatic carbocycles. The van der Waals surface area contributed by atoms with Gasteiger partial charge in [0, 0.05) is 14.9 Å². The maximum atomic E-state index is 6.23. The number of nitrogens with two attached hydrogens (primary N) is 1. The maximum Gasteiger partial charge on any atom is 0.0501 e. The molecule has 2 aromatic rings. The number of nitrogens with one attached hydrogen (secondary N) is 1. The van der Waals surface area contributed by atoms with Gasteiger partial charge < -0.3 is 0 Å². The van der Waals surface area contributed by atoms with E-state index in [0.717, 1.165) is 16.9 Å². The Morgan fingerprint density at radius 1 is 1.10 bits per heavy atom. The highest BCUT2D eigenvalue weighted by Gasteiger charge is 2.15. The lowest BCUT2D eigenvalue weighted by Crippen LogP contribution is -2.29. The summed E-state index contributed by atoms with van der Waals surface area (Å²) in [5.74, 6) is 6.77. The van der Waals surface area contributed by atoms with E-state index in [1.54, 1.807) is 0 Å². The topological polar surface area (TPSA) is 38.0 Å². The lowest BCUT2D eigenvalue weighted by molar-refractivity contribution is 0.552. The first-order valence-corrected chi connectivity index (χ1v) is 8.51. The Balaban J connectivity index is 2.19. The minimum Gasteiger partial charge on any atom is -0.271 e. The maximum absolute atomic E-state index is 6.23. The Morgan fingerprint density at radius 2 is 1.71 bits per heavy atom. The summed E-state index contributed by atoms with van der Waals surface area (Å²) in [6.07, 6.45) is 0.648. The third kappa shape index (κ3) is 4.38. The van der Waals surface area contributed by atoms with Gasteiger partial charge in [-0.2, -0.15) is 0 Å². The molecule has 5 heteroatoms. The number of hydrogen-bond acceptors (Lipinski definition) is 3. The molecule has 21 heavy (non-hydrogen) atoms. The summed E-state index contributed by atoms with van der Waals surface area (Å²) < 4.78 is 0. The molecule has 0 aromatic heterocycles. The molecule has 1 atom stereocenters. The van der Waals surface area contributed by atoms with Crippen molar-refractivity contribution < 1.29 is 0 Å². The van der Waals surface area contributed by atoms with Crippen molar-refractivity contribution in [3.8, 4) is 0 Å². The SMILES string of the molecule is CCSc1ccc(C(Cc2c(Cl)cccc2Cl)NN)cc1. The van der Waals surface area contributed by atoms with Gasteiger partial charge in [-0.05, 0) is 47.6 Å². The zero-order chi connectivity index (χ0) is 15.2. The molecule has 0 saturated heterocycles. The Hall–Kier alpha value is -0.710. The molecule has 112 valence electrons. The van der Waals surface area contributed by atoms with E-state index in [4.69, 9.17) is 29.0 Å². The van der Waals surface area contributed by atoms with Gasteiger partial charge in [0.25, 0.3) is 0 Å². The highest BCUT2D eigenvalue weighted by molar-refractivity contribution is 7.99. The number of halogens is 2.